The summed E-state index contributed by atoms with van der Waals surface area (Å²) >= 11 is 3.33. The van der Waals surface area contributed by atoms with Crippen molar-refractivity contribution in [2.24, 2.45) is 0 Å². The van der Waals surface area contributed by atoms with Crippen LogP contribution in [0, 0.1) is 0 Å². The van der Waals surface area contributed by atoms with Crippen molar-refractivity contribution < 1.29 is 9.90 Å². The molecule has 2 atom stereocenters. The first kappa shape index (κ1) is 18.4. The molecule has 0 saturated carbocycles. The molecule has 0 bridgehead atoms. The lowest BCUT2D eigenvalue weighted by atomic mass is 10.1. The number of anilines is 1. The summed E-state index contributed by atoms with van der Waals surface area (Å²) in [5.74, 6) is 1.03. The monoisotopic (exact) mass is 373 g/mol. The number of thioether (sulfide) groups is 2. The van der Waals surface area contributed by atoms with E-state index in [1.165, 1.54) is 16.7 Å². The van der Waals surface area contributed by atoms with Crippen LogP contribution in [0.2, 0.25) is 0 Å². The lowest BCUT2D eigenvalue weighted by Gasteiger charge is -2.22. The summed E-state index contributed by atoms with van der Waals surface area (Å²) in [4.78, 5) is 15.8. The maximum Gasteiger partial charge on any atom is 0.237 e. The van der Waals surface area contributed by atoms with Crippen LogP contribution in [0.25, 0.3) is 0 Å². The van der Waals surface area contributed by atoms with Gasteiger partial charge < -0.3 is 10.0 Å². The van der Waals surface area contributed by atoms with Gasteiger partial charge in [-0.05, 0) is 24.1 Å². The fourth-order valence-electron chi connectivity index (χ4n) is 2.85. The second-order valence-electron chi connectivity index (χ2n) is 6.17. The Balaban J connectivity index is 1.60. The highest BCUT2D eigenvalue weighted by molar-refractivity contribution is 8.00. The predicted octanol–water partition coefficient (Wildman–Crippen LogP) is 4.37. The standard InChI is InChI=1S/C20H23NO2S2/c1-15-11-12-21(17-9-5-6-10-19(17)25-15)20(23)14-24-13-18(22)16-7-3-2-4-8-16/h2-10,15,18,22H,11-14H2,1H3/t15-,18-/m1/s1. The fourth-order valence-corrected chi connectivity index (χ4v) is 4.83. The lowest BCUT2D eigenvalue weighted by molar-refractivity contribution is -0.116. The molecule has 2 aromatic carbocycles. The maximum atomic E-state index is 12.8. The van der Waals surface area contributed by atoms with Crippen LogP contribution in [0.15, 0.2) is 59.5 Å². The SMILES string of the molecule is C[C@@H]1CCN(C(=O)CSC[C@@H](O)c2ccccc2)c2ccccc2S1. The first-order valence-corrected chi connectivity index (χ1v) is 10.6. The van der Waals surface area contributed by atoms with Crippen molar-refractivity contribution in [2.45, 2.75) is 29.6 Å². The summed E-state index contributed by atoms with van der Waals surface area (Å²) in [6, 6.07) is 17.7. The first-order valence-electron chi connectivity index (χ1n) is 8.52. The molecule has 25 heavy (non-hydrogen) atoms. The van der Waals surface area contributed by atoms with Crippen LogP contribution < -0.4 is 4.90 Å². The largest absolute Gasteiger partial charge is 0.388 e. The third-order valence-electron chi connectivity index (χ3n) is 4.23. The van der Waals surface area contributed by atoms with Crippen molar-refractivity contribution in [3.63, 3.8) is 0 Å². The van der Waals surface area contributed by atoms with Gasteiger partial charge in [0.1, 0.15) is 0 Å². The number of para-hydroxylation sites is 1. The Morgan fingerprint density at radius 3 is 2.76 bits per heavy atom. The van der Waals surface area contributed by atoms with E-state index in [2.05, 4.69) is 13.0 Å². The Kier molecular flexibility index (Phi) is 6.45. The van der Waals surface area contributed by atoms with Crippen molar-refractivity contribution in [3.05, 3.63) is 60.2 Å². The third kappa shape index (κ3) is 4.81. The van der Waals surface area contributed by atoms with Gasteiger partial charge in [0, 0.05) is 22.4 Å². The van der Waals surface area contributed by atoms with Crippen LogP contribution in [-0.4, -0.2) is 34.3 Å². The van der Waals surface area contributed by atoms with Gasteiger partial charge in [-0.3, -0.25) is 4.79 Å². The molecule has 0 saturated heterocycles. The van der Waals surface area contributed by atoms with Gasteiger partial charge in [0.25, 0.3) is 0 Å². The van der Waals surface area contributed by atoms with Crippen molar-refractivity contribution in [1.29, 1.82) is 0 Å². The number of hydrogen-bond acceptors (Lipinski definition) is 4. The van der Waals surface area contributed by atoms with E-state index >= 15 is 0 Å². The molecular weight excluding hydrogens is 350 g/mol. The van der Waals surface area contributed by atoms with E-state index < -0.39 is 6.10 Å². The minimum absolute atomic E-state index is 0.118. The van der Waals surface area contributed by atoms with Crippen LogP contribution in [0.1, 0.15) is 25.0 Å². The van der Waals surface area contributed by atoms with Crippen LogP contribution >= 0.6 is 23.5 Å². The van der Waals surface area contributed by atoms with Gasteiger partial charge in [-0.25, -0.2) is 0 Å². The van der Waals surface area contributed by atoms with Crippen molar-refractivity contribution in [3.8, 4) is 0 Å². The van der Waals surface area contributed by atoms with E-state index in [4.69, 9.17) is 0 Å². The molecule has 0 aromatic heterocycles. The van der Waals surface area contributed by atoms with Gasteiger partial charge in [-0.15, -0.1) is 23.5 Å². The minimum Gasteiger partial charge on any atom is -0.388 e. The van der Waals surface area contributed by atoms with Crippen LogP contribution in [0.4, 0.5) is 5.69 Å². The number of aliphatic hydroxyl groups excluding tert-OH is 1. The number of hydrogen-bond donors (Lipinski definition) is 1. The average Bonchev–Trinajstić information content (AvgIpc) is 2.80. The highest BCUT2D eigenvalue weighted by atomic mass is 32.2. The van der Waals surface area contributed by atoms with Crippen molar-refractivity contribution >= 4 is 35.1 Å². The van der Waals surface area contributed by atoms with E-state index in [-0.39, 0.29) is 5.91 Å². The molecule has 3 nitrogen and oxygen atoms in total. The zero-order valence-electron chi connectivity index (χ0n) is 14.3. The van der Waals surface area contributed by atoms with E-state index in [9.17, 15) is 9.90 Å². The molecule has 5 heteroatoms. The number of fused-ring (bicyclic) bond motifs is 1. The summed E-state index contributed by atoms with van der Waals surface area (Å²) in [5, 5.41) is 10.7. The van der Waals surface area contributed by atoms with E-state index in [0.29, 0.717) is 16.8 Å². The van der Waals surface area contributed by atoms with Gasteiger partial charge >= 0.3 is 0 Å². The maximum absolute atomic E-state index is 12.8. The Morgan fingerprint density at radius 2 is 1.96 bits per heavy atom. The van der Waals surface area contributed by atoms with Gasteiger partial charge in [0.15, 0.2) is 0 Å². The summed E-state index contributed by atoms with van der Waals surface area (Å²) in [7, 11) is 0. The summed E-state index contributed by atoms with van der Waals surface area (Å²) in [6.07, 6.45) is 0.452. The number of amides is 1. The fraction of sp³-hybridized carbons (Fsp3) is 0.350. The molecule has 0 unspecified atom stereocenters. The Bertz CT molecular complexity index is 708. The van der Waals surface area contributed by atoms with Crippen molar-refractivity contribution in [1.82, 2.24) is 0 Å². The topological polar surface area (TPSA) is 40.5 Å². The molecule has 3 rings (SSSR count). The molecule has 1 aliphatic rings. The number of carbonyl (C=O) groups is 1. The summed E-state index contributed by atoms with van der Waals surface area (Å²) < 4.78 is 0. The highest BCUT2D eigenvalue weighted by Crippen LogP contribution is 2.37. The third-order valence-corrected chi connectivity index (χ3v) is 6.47. The van der Waals surface area contributed by atoms with Crippen molar-refractivity contribution in [2.75, 3.05) is 23.0 Å². The summed E-state index contributed by atoms with van der Waals surface area (Å²) in [6.45, 7) is 2.96. The molecule has 0 radical (unpaired) electrons. The van der Waals surface area contributed by atoms with E-state index in [0.717, 1.165) is 24.2 Å². The van der Waals surface area contributed by atoms with Crippen LogP contribution in [0.3, 0.4) is 0 Å². The van der Waals surface area contributed by atoms with Crippen LogP contribution in [0.5, 0.6) is 0 Å². The van der Waals surface area contributed by atoms with E-state index in [1.807, 2.05) is 65.2 Å². The number of benzene rings is 2. The smallest absolute Gasteiger partial charge is 0.237 e. The number of carbonyl (C=O) groups excluding carboxylic acids is 1. The second kappa shape index (κ2) is 8.79. The van der Waals surface area contributed by atoms with Crippen LogP contribution in [-0.2, 0) is 4.79 Å². The normalized spacial score (nSPS) is 18.3. The number of nitrogens with zero attached hydrogens (tertiary/aromatic N) is 1. The van der Waals surface area contributed by atoms with Gasteiger partial charge in [0.05, 0.1) is 17.5 Å². The zero-order valence-corrected chi connectivity index (χ0v) is 15.9. The Hall–Kier alpha value is -1.43. The zero-order chi connectivity index (χ0) is 17.6. The molecule has 1 heterocycles. The molecule has 1 N–H and O–H groups in total. The minimum atomic E-state index is -0.536. The molecule has 0 fully saturated rings. The first-order chi connectivity index (χ1) is 12.1. The molecular formula is C20H23NO2S2. The Morgan fingerprint density at radius 1 is 1.24 bits per heavy atom. The average molecular weight is 374 g/mol. The van der Waals surface area contributed by atoms with Gasteiger partial charge in [-0.1, -0.05) is 49.4 Å². The molecule has 0 spiro atoms. The molecule has 0 aliphatic carbocycles. The Labute approximate surface area is 157 Å². The quantitative estimate of drug-likeness (QED) is 0.845. The second-order valence-corrected chi connectivity index (χ2v) is 8.68. The summed E-state index contributed by atoms with van der Waals surface area (Å²) in [5.41, 5.74) is 1.92. The lowest BCUT2D eigenvalue weighted by Crippen LogP contribution is -2.33. The molecule has 1 amide bonds. The molecule has 132 valence electrons. The predicted molar refractivity (Wildman–Crippen MR) is 107 cm³/mol. The van der Waals surface area contributed by atoms with E-state index in [1.54, 1.807) is 0 Å². The van der Waals surface area contributed by atoms with Gasteiger partial charge in [-0.2, -0.15) is 0 Å². The van der Waals surface area contributed by atoms with Gasteiger partial charge in [0.2, 0.25) is 5.91 Å². The number of aliphatic hydroxyl groups is 1. The number of rotatable bonds is 5. The highest BCUT2D eigenvalue weighted by Gasteiger charge is 2.24. The molecule has 1 aliphatic heterocycles. The molecule has 2 aromatic rings.